The number of hydrogen-bond donors (Lipinski definition) is 1. The Bertz CT molecular complexity index is 388. The van der Waals surface area contributed by atoms with Crippen molar-refractivity contribution in [3.05, 3.63) is 35.4 Å². The Balaban J connectivity index is 2.63. The van der Waals surface area contributed by atoms with Gasteiger partial charge in [-0.15, -0.1) is 0 Å². The van der Waals surface area contributed by atoms with Crippen molar-refractivity contribution in [3.63, 3.8) is 0 Å². The number of carbonyl (C=O) groups is 1. The Morgan fingerprint density at radius 3 is 2.81 bits per heavy atom. The summed E-state index contributed by atoms with van der Waals surface area (Å²) in [4.78, 5) is 10.7. The van der Waals surface area contributed by atoms with E-state index in [1.807, 2.05) is 6.07 Å². The smallest absolute Gasteiger partial charge is 0.335 e. The molecule has 4 heteroatoms. The summed E-state index contributed by atoms with van der Waals surface area (Å²) in [7, 11) is -0.885. The van der Waals surface area contributed by atoms with Gasteiger partial charge in [0.25, 0.3) is 0 Å². The van der Waals surface area contributed by atoms with Crippen molar-refractivity contribution in [1.82, 2.24) is 0 Å². The van der Waals surface area contributed by atoms with Gasteiger partial charge in [-0.2, -0.15) is 0 Å². The quantitative estimate of drug-likeness (QED) is 0.831. The topological polar surface area (TPSA) is 54.4 Å². The van der Waals surface area contributed by atoms with Crippen molar-refractivity contribution in [2.24, 2.45) is 0 Å². The molecule has 0 radical (unpaired) electrons. The van der Waals surface area contributed by atoms with E-state index in [1.54, 1.807) is 18.2 Å². The minimum Gasteiger partial charge on any atom is -0.478 e. The Hall–Kier alpha value is -1.16. The lowest BCUT2D eigenvalue weighted by Crippen LogP contribution is -2.02. The standard InChI is InChI=1S/C12H16O3S/c1-2-3-7-16(15)9-10-5-4-6-11(8-10)12(13)14/h4-6,8H,2-3,7,9H2,1H3,(H,13,14). The molecule has 0 aliphatic rings. The third-order valence-corrected chi connectivity index (χ3v) is 3.63. The molecule has 16 heavy (non-hydrogen) atoms. The Morgan fingerprint density at radius 2 is 2.19 bits per heavy atom. The van der Waals surface area contributed by atoms with Crippen LogP contribution in [0.2, 0.25) is 0 Å². The first-order valence-corrected chi connectivity index (χ1v) is 6.79. The molecule has 0 heterocycles. The molecule has 1 aromatic rings. The number of carboxylic acids is 1. The lowest BCUT2D eigenvalue weighted by Gasteiger charge is -2.03. The van der Waals surface area contributed by atoms with E-state index in [-0.39, 0.29) is 5.56 Å². The van der Waals surface area contributed by atoms with E-state index in [0.29, 0.717) is 11.5 Å². The molecule has 88 valence electrons. The molecular weight excluding hydrogens is 224 g/mol. The number of benzene rings is 1. The molecular formula is C12H16O3S. The van der Waals surface area contributed by atoms with Crippen LogP contribution in [0.15, 0.2) is 24.3 Å². The van der Waals surface area contributed by atoms with E-state index >= 15 is 0 Å². The van der Waals surface area contributed by atoms with E-state index in [2.05, 4.69) is 6.92 Å². The highest BCUT2D eigenvalue weighted by Crippen LogP contribution is 2.08. The van der Waals surface area contributed by atoms with Gasteiger partial charge in [-0.25, -0.2) is 4.79 Å². The van der Waals surface area contributed by atoms with Crippen molar-refractivity contribution in [2.45, 2.75) is 25.5 Å². The van der Waals surface area contributed by atoms with Crippen LogP contribution in [-0.2, 0) is 16.6 Å². The van der Waals surface area contributed by atoms with Crippen molar-refractivity contribution in [1.29, 1.82) is 0 Å². The number of carboxylic acid groups (broad SMARTS) is 1. The van der Waals surface area contributed by atoms with Gasteiger partial charge in [0, 0.05) is 22.3 Å². The van der Waals surface area contributed by atoms with Gasteiger partial charge in [0.05, 0.1) is 5.56 Å². The van der Waals surface area contributed by atoms with Crippen molar-refractivity contribution >= 4 is 16.8 Å². The van der Waals surface area contributed by atoms with Crippen LogP contribution in [0.25, 0.3) is 0 Å². The van der Waals surface area contributed by atoms with E-state index in [0.717, 1.165) is 18.4 Å². The fraction of sp³-hybridized carbons (Fsp3) is 0.417. The van der Waals surface area contributed by atoms with Crippen LogP contribution >= 0.6 is 0 Å². The normalized spacial score (nSPS) is 12.3. The fourth-order valence-electron chi connectivity index (χ4n) is 1.36. The average molecular weight is 240 g/mol. The molecule has 3 nitrogen and oxygen atoms in total. The summed E-state index contributed by atoms with van der Waals surface area (Å²) >= 11 is 0. The van der Waals surface area contributed by atoms with Crippen LogP contribution in [0.4, 0.5) is 0 Å². The van der Waals surface area contributed by atoms with Crippen LogP contribution in [-0.4, -0.2) is 21.0 Å². The monoisotopic (exact) mass is 240 g/mol. The summed E-state index contributed by atoms with van der Waals surface area (Å²) in [6.07, 6.45) is 1.98. The molecule has 0 bridgehead atoms. The molecule has 0 fully saturated rings. The fourth-order valence-corrected chi connectivity index (χ4v) is 2.66. The van der Waals surface area contributed by atoms with Crippen LogP contribution in [0, 0.1) is 0 Å². The van der Waals surface area contributed by atoms with E-state index < -0.39 is 16.8 Å². The second-order valence-electron chi connectivity index (χ2n) is 3.65. The predicted octanol–water partition coefficient (Wildman–Crippen LogP) is 2.43. The van der Waals surface area contributed by atoms with Crippen LogP contribution in [0.1, 0.15) is 35.7 Å². The molecule has 0 aliphatic carbocycles. The Morgan fingerprint density at radius 1 is 1.44 bits per heavy atom. The van der Waals surface area contributed by atoms with E-state index in [9.17, 15) is 9.00 Å². The van der Waals surface area contributed by atoms with Gasteiger partial charge >= 0.3 is 5.97 Å². The molecule has 1 aromatic carbocycles. The number of unbranched alkanes of at least 4 members (excludes halogenated alkanes) is 1. The average Bonchev–Trinajstić information content (AvgIpc) is 2.26. The lowest BCUT2D eigenvalue weighted by atomic mass is 10.1. The highest BCUT2D eigenvalue weighted by molar-refractivity contribution is 7.84. The first-order valence-electron chi connectivity index (χ1n) is 5.30. The SMILES string of the molecule is CCCCS(=O)Cc1cccc(C(=O)O)c1. The van der Waals surface area contributed by atoms with Crippen LogP contribution in [0.3, 0.4) is 0 Å². The van der Waals surface area contributed by atoms with Gasteiger partial charge < -0.3 is 5.11 Å². The Labute approximate surface area is 98.0 Å². The molecule has 0 saturated heterocycles. The molecule has 1 unspecified atom stereocenters. The summed E-state index contributed by atoms with van der Waals surface area (Å²) in [5.41, 5.74) is 1.08. The molecule has 0 saturated carbocycles. The highest BCUT2D eigenvalue weighted by Gasteiger charge is 2.05. The van der Waals surface area contributed by atoms with Gasteiger partial charge in [-0.1, -0.05) is 25.5 Å². The van der Waals surface area contributed by atoms with Gasteiger partial charge in [-0.05, 0) is 24.1 Å². The highest BCUT2D eigenvalue weighted by atomic mass is 32.2. The van der Waals surface area contributed by atoms with E-state index in [4.69, 9.17) is 5.11 Å². The summed E-state index contributed by atoms with van der Waals surface area (Å²) < 4.78 is 11.6. The number of hydrogen-bond acceptors (Lipinski definition) is 2. The second kappa shape index (κ2) is 6.43. The molecule has 0 spiro atoms. The zero-order valence-corrected chi connectivity index (χ0v) is 10.1. The van der Waals surface area contributed by atoms with Crippen LogP contribution in [0.5, 0.6) is 0 Å². The minimum atomic E-state index is -0.943. The molecule has 1 atom stereocenters. The molecule has 1 N–H and O–H groups in total. The number of rotatable bonds is 6. The molecule has 0 aliphatic heterocycles. The van der Waals surface area contributed by atoms with Crippen molar-refractivity contribution in [2.75, 3.05) is 5.75 Å². The molecule has 0 amide bonds. The van der Waals surface area contributed by atoms with Gasteiger partial charge in [0.15, 0.2) is 0 Å². The van der Waals surface area contributed by atoms with Gasteiger partial charge in [0.1, 0.15) is 0 Å². The molecule has 0 aromatic heterocycles. The zero-order chi connectivity index (χ0) is 12.0. The largest absolute Gasteiger partial charge is 0.478 e. The summed E-state index contributed by atoms with van der Waals surface area (Å²) in [6.45, 7) is 2.06. The first-order chi connectivity index (χ1) is 7.63. The van der Waals surface area contributed by atoms with Crippen molar-refractivity contribution < 1.29 is 14.1 Å². The predicted molar refractivity (Wildman–Crippen MR) is 65.0 cm³/mol. The first kappa shape index (κ1) is 12.9. The summed E-state index contributed by atoms with van der Waals surface area (Å²) in [6, 6.07) is 6.64. The second-order valence-corrected chi connectivity index (χ2v) is 5.22. The van der Waals surface area contributed by atoms with Crippen LogP contribution < -0.4 is 0 Å². The Kier molecular flexibility index (Phi) is 5.19. The van der Waals surface area contributed by atoms with Gasteiger partial charge in [0.2, 0.25) is 0 Å². The maximum absolute atomic E-state index is 11.6. The lowest BCUT2D eigenvalue weighted by molar-refractivity contribution is 0.0697. The summed E-state index contributed by atoms with van der Waals surface area (Å²) in [5, 5.41) is 8.81. The van der Waals surface area contributed by atoms with E-state index in [1.165, 1.54) is 0 Å². The minimum absolute atomic E-state index is 0.255. The zero-order valence-electron chi connectivity index (χ0n) is 9.31. The third-order valence-electron chi connectivity index (χ3n) is 2.23. The maximum atomic E-state index is 11.6. The maximum Gasteiger partial charge on any atom is 0.335 e. The summed E-state index contributed by atoms with van der Waals surface area (Å²) in [5.74, 6) is 0.191. The van der Waals surface area contributed by atoms with Crippen molar-refractivity contribution in [3.8, 4) is 0 Å². The molecule has 1 rings (SSSR count). The number of aromatic carboxylic acids is 1. The third kappa shape index (κ3) is 4.14. The van der Waals surface area contributed by atoms with Gasteiger partial charge in [-0.3, -0.25) is 4.21 Å².